The van der Waals surface area contributed by atoms with E-state index in [1.807, 2.05) is 11.8 Å². The van der Waals surface area contributed by atoms with E-state index >= 15 is 0 Å². The summed E-state index contributed by atoms with van der Waals surface area (Å²) >= 11 is 2.01. The van der Waals surface area contributed by atoms with Gasteiger partial charge >= 0.3 is 0 Å². The molecule has 0 bridgehead atoms. The summed E-state index contributed by atoms with van der Waals surface area (Å²) in [7, 11) is 0. The molecule has 1 N–H and O–H groups in total. The van der Waals surface area contributed by atoms with Crippen LogP contribution in [0.15, 0.2) is 11.8 Å². The molecule has 1 unspecified atom stereocenters. The van der Waals surface area contributed by atoms with Crippen molar-refractivity contribution < 1.29 is 4.74 Å². The molecule has 0 amide bonds. The van der Waals surface area contributed by atoms with Gasteiger partial charge in [-0.3, -0.25) is 0 Å². The number of likely N-dealkylation sites (N-methyl/N-ethyl adjacent to an activating group) is 1. The third kappa shape index (κ3) is 4.94. The van der Waals surface area contributed by atoms with Crippen LogP contribution in [0.25, 0.3) is 0 Å². The summed E-state index contributed by atoms with van der Waals surface area (Å²) in [6.45, 7) is 8.55. The zero-order valence-electron chi connectivity index (χ0n) is 10.1. The van der Waals surface area contributed by atoms with Gasteiger partial charge in [0.15, 0.2) is 0 Å². The molecule has 1 aliphatic rings. The predicted octanol–water partition coefficient (Wildman–Crippen LogP) is 2.66. The summed E-state index contributed by atoms with van der Waals surface area (Å²) in [4.78, 5) is 0. The van der Waals surface area contributed by atoms with Crippen molar-refractivity contribution in [2.45, 2.75) is 33.2 Å². The maximum atomic E-state index is 5.61. The van der Waals surface area contributed by atoms with Gasteiger partial charge in [-0.25, -0.2) is 0 Å². The van der Waals surface area contributed by atoms with Gasteiger partial charge in [-0.05, 0) is 24.3 Å². The van der Waals surface area contributed by atoms with Crippen molar-refractivity contribution in [3.05, 3.63) is 11.8 Å². The third-order valence-corrected chi connectivity index (χ3v) is 3.73. The molecule has 1 rings (SSSR count). The standard InChI is InChI=1S/C12H23NOS/c1-4-13-11(9-15-8-10(2)3)12-6-5-7-14-12/h6,10-11,13H,4-5,7-9H2,1-3H3. The fourth-order valence-electron chi connectivity index (χ4n) is 1.59. The molecule has 1 aliphatic heterocycles. The summed E-state index contributed by atoms with van der Waals surface area (Å²) in [6.07, 6.45) is 3.30. The second-order valence-corrected chi connectivity index (χ2v) is 5.36. The molecule has 0 saturated carbocycles. The highest BCUT2D eigenvalue weighted by Crippen LogP contribution is 2.18. The quantitative estimate of drug-likeness (QED) is 0.725. The van der Waals surface area contributed by atoms with Crippen molar-refractivity contribution in [1.82, 2.24) is 5.32 Å². The Morgan fingerprint density at radius 3 is 2.80 bits per heavy atom. The summed E-state index contributed by atoms with van der Waals surface area (Å²) in [5.74, 6) is 4.29. The smallest absolute Gasteiger partial charge is 0.110 e. The van der Waals surface area contributed by atoms with Gasteiger partial charge in [0.25, 0.3) is 0 Å². The maximum absolute atomic E-state index is 5.61. The minimum Gasteiger partial charge on any atom is -0.496 e. The van der Waals surface area contributed by atoms with Crippen molar-refractivity contribution in [3.63, 3.8) is 0 Å². The minimum absolute atomic E-state index is 0.418. The Bertz CT molecular complexity index is 204. The topological polar surface area (TPSA) is 21.3 Å². The number of nitrogens with one attached hydrogen (secondary N) is 1. The van der Waals surface area contributed by atoms with E-state index in [-0.39, 0.29) is 0 Å². The summed E-state index contributed by atoms with van der Waals surface area (Å²) < 4.78 is 5.61. The van der Waals surface area contributed by atoms with Crippen LogP contribution in [-0.2, 0) is 4.74 Å². The molecule has 0 aliphatic carbocycles. The number of hydrogen-bond acceptors (Lipinski definition) is 3. The minimum atomic E-state index is 0.418. The van der Waals surface area contributed by atoms with Crippen LogP contribution in [0, 0.1) is 5.92 Å². The molecule has 0 aromatic heterocycles. The van der Waals surface area contributed by atoms with Crippen LogP contribution >= 0.6 is 11.8 Å². The van der Waals surface area contributed by atoms with E-state index in [0.29, 0.717) is 6.04 Å². The molecule has 15 heavy (non-hydrogen) atoms. The van der Waals surface area contributed by atoms with E-state index in [0.717, 1.165) is 37.0 Å². The highest BCUT2D eigenvalue weighted by molar-refractivity contribution is 7.99. The van der Waals surface area contributed by atoms with Crippen LogP contribution in [0.2, 0.25) is 0 Å². The largest absolute Gasteiger partial charge is 0.496 e. The lowest BCUT2D eigenvalue weighted by Gasteiger charge is -2.19. The molecule has 0 saturated heterocycles. The van der Waals surface area contributed by atoms with Gasteiger partial charge in [-0.15, -0.1) is 0 Å². The SMILES string of the molecule is CCNC(CSCC(C)C)C1=CCCO1. The molecule has 0 radical (unpaired) electrons. The van der Waals surface area contributed by atoms with Gasteiger partial charge in [-0.1, -0.05) is 20.8 Å². The van der Waals surface area contributed by atoms with Crippen LogP contribution in [0.3, 0.4) is 0 Å². The lowest BCUT2D eigenvalue weighted by molar-refractivity contribution is 0.220. The Labute approximate surface area is 97.8 Å². The highest BCUT2D eigenvalue weighted by Gasteiger charge is 2.17. The number of rotatable bonds is 7. The lowest BCUT2D eigenvalue weighted by Crippen LogP contribution is -2.33. The fourth-order valence-corrected chi connectivity index (χ4v) is 2.71. The molecule has 0 aromatic rings. The van der Waals surface area contributed by atoms with Gasteiger partial charge in [0, 0.05) is 12.2 Å². The molecule has 1 atom stereocenters. The Morgan fingerprint density at radius 1 is 1.47 bits per heavy atom. The number of ether oxygens (including phenoxy) is 1. The van der Waals surface area contributed by atoms with Gasteiger partial charge in [0.1, 0.15) is 5.76 Å². The van der Waals surface area contributed by atoms with E-state index in [1.54, 1.807) is 0 Å². The summed E-state index contributed by atoms with van der Waals surface area (Å²) in [5, 5.41) is 3.48. The zero-order valence-corrected chi connectivity index (χ0v) is 10.9. The first kappa shape index (κ1) is 12.9. The Balaban J connectivity index is 2.30. The van der Waals surface area contributed by atoms with Crippen LogP contribution < -0.4 is 5.32 Å². The van der Waals surface area contributed by atoms with Gasteiger partial charge < -0.3 is 10.1 Å². The number of thioether (sulfide) groups is 1. The average Bonchev–Trinajstić information content (AvgIpc) is 2.68. The Kier molecular flexibility index (Phi) is 6.18. The molecule has 88 valence electrons. The molecule has 2 nitrogen and oxygen atoms in total. The highest BCUT2D eigenvalue weighted by atomic mass is 32.2. The molecule has 0 aromatic carbocycles. The van der Waals surface area contributed by atoms with E-state index in [1.165, 1.54) is 5.75 Å². The normalized spacial score (nSPS) is 17.7. The van der Waals surface area contributed by atoms with Crippen molar-refractivity contribution in [3.8, 4) is 0 Å². The zero-order chi connectivity index (χ0) is 11.1. The van der Waals surface area contributed by atoms with E-state index < -0.39 is 0 Å². The first-order valence-corrected chi connectivity index (χ1v) is 7.03. The van der Waals surface area contributed by atoms with Crippen molar-refractivity contribution in [1.29, 1.82) is 0 Å². The summed E-state index contributed by atoms with van der Waals surface area (Å²) in [6, 6.07) is 0.418. The van der Waals surface area contributed by atoms with Crippen LogP contribution in [0.4, 0.5) is 0 Å². The van der Waals surface area contributed by atoms with E-state index in [2.05, 4.69) is 32.2 Å². The summed E-state index contributed by atoms with van der Waals surface area (Å²) in [5.41, 5.74) is 0. The fraction of sp³-hybridized carbons (Fsp3) is 0.833. The molecule has 3 heteroatoms. The van der Waals surface area contributed by atoms with Gasteiger partial charge in [-0.2, -0.15) is 11.8 Å². The molecule has 0 spiro atoms. The molecule has 0 fully saturated rings. The predicted molar refractivity (Wildman–Crippen MR) is 68.3 cm³/mol. The van der Waals surface area contributed by atoms with Crippen LogP contribution in [0.5, 0.6) is 0 Å². The first-order valence-electron chi connectivity index (χ1n) is 5.88. The monoisotopic (exact) mass is 229 g/mol. The lowest BCUT2D eigenvalue weighted by atomic mass is 10.2. The molecular formula is C12H23NOS. The number of hydrogen-bond donors (Lipinski definition) is 1. The van der Waals surface area contributed by atoms with Crippen molar-refractivity contribution >= 4 is 11.8 Å². The first-order chi connectivity index (χ1) is 7.24. The maximum Gasteiger partial charge on any atom is 0.110 e. The van der Waals surface area contributed by atoms with Crippen LogP contribution in [-0.4, -0.2) is 30.7 Å². The van der Waals surface area contributed by atoms with Crippen molar-refractivity contribution in [2.24, 2.45) is 5.92 Å². The Hall–Kier alpha value is -0.150. The van der Waals surface area contributed by atoms with E-state index in [9.17, 15) is 0 Å². The second kappa shape index (κ2) is 7.18. The second-order valence-electron chi connectivity index (χ2n) is 4.29. The van der Waals surface area contributed by atoms with E-state index in [4.69, 9.17) is 4.74 Å². The van der Waals surface area contributed by atoms with Gasteiger partial charge in [0.2, 0.25) is 0 Å². The molecule has 1 heterocycles. The van der Waals surface area contributed by atoms with Gasteiger partial charge in [0.05, 0.1) is 12.6 Å². The van der Waals surface area contributed by atoms with Crippen LogP contribution in [0.1, 0.15) is 27.2 Å². The van der Waals surface area contributed by atoms with Crippen molar-refractivity contribution in [2.75, 3.05) is 24.7 Å². The Morgan fingerprint density at radius 2 is 2.27 bits per heavy atom. The average molecular weight is 229 g/mol. The molecular weight excluding hydrogens is 206 g/mol. The third-order valence-electron chi connectivity index (χ3n) is 2.26.